The highest BCUT2D eigenvalue weighted by molar-refractivity contribution is 5.97. The van der Waals surface area contributed by atoms with Crippen LogP contribution in [0, 0.1) is 6.92 Å². The fourth-order valence-electron chi connectivity index (χ4n) is 4.00. The molecule has 0 atom stereocenters. The van der Waals surface area contributed by atoms with Gasteiger partial charge in [0.2, 0.25) is 0 Å². The van der Waals surface area contributed by atoms with Gasteiger partial charge >= 0.3 is 0 Å². The molecule has 4 heterocycles. The van der Waals surface area contributed by atoms with E-state index in [0.29, 0.717) is 43.3 Å². The molecule has 0 aliphatic carbocycles. The minimum absolute atomic E-state index is 0.0994. The number of rotatable bonds is 4. The highest BCUT2D eigenvalue weighted by Gasteiger charge is 2.29. The molecule has 0 N–H and O–H groups in total. The number of amides is 2. The van der Waals surface area contributed by atoms with Crippen molar-refractivity contribution in [2.45, 2.75) is 6.92 Å². The van der Waals surface area contributed by atoms with E-state index in [1.807, 2.05) is 60.3 Å². The highest BCUT2D eigenvalue weighted by Crippen LogP contribution is 2.22. The maximum Gasteiger partial charge on any atom is 0.289 e. The van der Waals surface area contributed by atoms with Crippen LogP contribution < -0.4 is 0 Å². The molecule has 32 heavy (non-hydrogen) atoms. The summed E-state index contributed by atoms with van der Waals surface area (Å²) in [6.45, 7) is 3.84. The predicted molar refractivity (Wildman–Crippen MR) is 118 cm³/mol. The van der Waals surface area contributed by atoms with E-state index in [-0.39, 0.29) is 11.8 Å². The van der Waals surface area contributed by atoms with Crippen molar-refractivity contribution >= 4 is 11.8 Å². The molecule has 1 aliphatic heterocycles. The number of hydrogen-bond acceptors (Lipinski definition) is 4. The standard InChI is InChI=1S/C24H23N5O3/c1-18-6-4-7-19(16-18)29-22(26-9-2-3-10-26)20(17-25-29)23(30)27-11-13-28(14-12-27)24(31)21-8-5-15-32-21/h2-10,15-17H,11-14H2,1H3. The first kappa shape index (κ1) is 19.9. The molecule has 4 aromatic rings. The number of furan rings is 1. The van der Waals surface area contributed by atoms with Crippen molar-refractivity contribution in [2.24, 2.45) is 0 Å². The quantitative estimate of drug-likeness (QED) is 0.499. The van der Waals surface area contributed by atoms with Crippen molar-refractivity contribution in [3.63, 3.8) is 0 Å². The number of aromatic nitrogens is 3. The van der Waals surface area contributed by atoms with Gasteiger partial charge < -0.3 is 18.8 Å². The van der Waals surface area contributed by atoms with Crippen molar-refractivity contribution in [1.82, 2.24) is 24.1 Å². The maximum absolute atomic E-state index is 13.5. The van der Waals surface area contributed by atoms with Crippen molar-refractivity contribution < 1.29 is 14.0 Å². The molecule has 2 amide bonds. The molecule has 1 aliphatic rings. The lowest BCUT2D eigenvalue weighted by Crippen LogP contribution is -2.50. The second-order valence-electron chi connectivity index (χ2n) is 7.78. The second kappa shape index (κ2) is 8.22. The van der Waals surface area contributed by atoms with E-state index in [0.717, 1.165) is 11.3 Å². The van der Waals surface area contributed by atoms with Gasteiger partial charge in [0.15, 0.2) is 11.6 Å². The first-order valence-corrected chi connectivity index (χ1v) is 10.5. The monoisotopic (exact) mass is 429 g/mol. The molecule has 0 spiro atoms. The fraction of sp³-hybridized carbons (Fsp3) is 0.208. The van der Waals surface area contributed by atoms with Gasteiger partial charge in [-0.15, -0.1) is 0 Å². The average molecular weight is 429 g/mol. The van der Waals surface area contributed by atoms with Crippen LogP contribution in [0.4, 0.5) is 0 Å². The lowest BCUT2D eigenvalue weighted by atomic mass is 10.2. The Morgan fingerprint density at radius 2 is 1.62 bits per heavy atom. The van der Waals surface area contributed by atoms with Crippen LogP contribution in [0.2, 0.25) is 0 Å². The number of hydrogen-bond donors (Lipinski definition) is 0. The SMILES string of the molecule is Cc1cccc(-n2ncc(C(=O)N3CCN(C(=O)c4ccco4)CC3)c2-n2cccc2)c1. The molecule has 8 nitrogen and oxygen atoms in total. The summed E-state index contributed by atoms with van der Waals surface area (Å²) >= 11 is 0. The summed E-state index contributed by atoms with van der Waals surface area (Å²) in [4.78, 5) is 29.5. The van der Waals surface area contributed by atoms with Crippen LogP contribution in [-0.2, 0) is 0 Å². The van der Waals surface area contributed by atoms with E-state index in [4.69, 9.17) is 4.42 Å². The number of carbonyl (C=O) groups excluding carboxylic acids is 2. The Hall–Kier alpha value is -4.07. The zero-order chi connectivity index (χ0) is 22.1. The van der Waals surface area contributed by atoms with E-state index < -0.39 is 0 Å². The van der Waals surface area contributed by atoms with Crippen LogP contribution in [0.25, 0.3) is 11.5 Å². The molecule has 3 aromatic heterocycles. The first-order chi connectivity index (χ1) is 15.6. The highest BCUT2D eigenvalue weighted by atomic mass is 16.3. The molecule has 1 saturated heterocycles. The molecular weight excluding hydrogens is 406 g/mol. The largest absolute Gasteiger partial charge is 0.459 e. The van der Waals surface area contributed by atoms with Crippen LogP contribution in [0.5, 0.6) is 0 Å². The predicted octanol–water partition coefficient (Wildman–Crippen LogP) is 3.16. The van der Waals surface area contributed by atoms with Crippen LogP contribution in [0.1, 0.15) is 26.5 Å². The Bertz CT molecular complexity index is 1230. The van der Waals surface area contributed by atoms with E-state index >= 15 is 0 Å². The third-order valence-corrected chi connectivity index (χ3v) is 5.66. The Morgan fingerprint density at radius 3 is 2.28 bits per heavy atom. The number of piperazine rings is 1. The normalized spacial score (nSPS) is 14.0. The van der Waals surface area contributed by atoms with Gasteiger partial charge in [-0.2, -0.15) is 5.10 Å². The first-order valence-electron chi connectivity index (χ1n) is 10.5. The van der Waals surface area contributed by atoms with Crippen molar-refractivity contribution in [1.29, 1.82) is 0 Å². The number of nitrogens with zero attached hydrogens (tertiary/aromatic N) is 5. The third kappa shape index (κ3) is 3.60. The zero-order valence-electron chi connectivity index (χ0n) is 17.7. The second-order valence-corrected chi connectivity index (χ2v) is 7.78. The van der Waals surface area contributed by atoms with Crippen molar-refractivity contribution in [3.05, 3.63) is 90.3 Å². The van der Waals surface area contributed by atoms with Crippen molar-refractivity contribution in [2.75, 3.05) is 26.2 Å². The lowest BCUT2D eigenvalue weighted by molar-refractivity contribution is 0.0518. The van der Waals surface area contributed by atoms with Crippen LogP contribution in [0.15, 0.2) is 77.8 Å². The summed E-state index contributed by atoms with van der Waals surface area (Å²) in [5, 5.41) is 4.55. The fourth-order valence-corrected chi connectivity index (χ4v) is 4.00. The van der Waals surface area contributed by atoms with Gasteiger partial charge in [-0.1, -0.05) is 12.1 Å². The van der Waals surface area contributed by atoms with E-state index in [9.17, 15) is 9.59 Å². The molecule has 0 bridgehead atoms. The van der Waals surface area contributed by atoms with Gasteiger partial charge in [-0.05, 0) is 48.9 Å². The van der Waals surface area contributed by atoms with E-state index in [1.54, 1.807) is 32.8 Å². The third-order valence-electron chi connectivity index (χ3n) is 5.66. The minimum atomic E-state index is -0.151. The summed E-state index contributed by atoms with van der Waals surface area (Å²) in [6, 6.07) is 15.2. The van der Waals surface area contributed by atoms with Crippen LogP contribution in [-0.4, -0.2) is 62.1 Å². The molecule has 5 rings (SSSR count). The maximum atomic E-state index is 13.5. The molecule has 162 valence electrons. The summed E-state index contributed by atoms with van der Waals surface area (Å²) in [7, 11) is 0. The molecule has 1 aromatic carbocycles. The van der Waals surface area contributed by atoms with Gasteiger partial charge in [0.05, 0.1) is 18.1 Å². The van der Waals surface area contributed by atoms with Gasteiger partial charge in [-0.25, -0.2) is 4.68 Å². The molecule has 0 unspecified atom stereocenters. The number of aryl methyl sites for hydroxylation is 1. The summed E-state index contributed by atoms with van der Waals surface area (Å²) in [5.74, 6) is 0.763. The average Bonchev–Trinajstić information content (AvgIpc) is 3.59. The lowest BCUT2D eigenvalue weighted by Gasteiger charge is -2.34. The van der Waals surface area contributed by atoms with E-state index in [2.05, 4.69) is 5.10 Å². The van der Waals surface area contributed by atoms with Gasteiger partial charge in [0, 0.05) is 38.6 Å². The molecular formula is C24H23N5O3. The summed E-state index contributed by atoms with van der Waals surface area (Å²) < 4.78 is 8.91. The van der Waals surface area contributed by atoms with Gasteiger partial charge in [0.25, 0.3) is 11.8 Å². The zero-order valence-corrected chi connectivity index (χ0v) is 17.7. The number of carbonyl (C=O) groups is 2. The molecule has 0 radical (unpaired) electrons. The number of benzene rings is 1. The van der Waals surface area contributed by atoms with Gasteiger partial charge in [0.1, 0.15) is 5.56 Å². The van der Waals surface area contributed by atoms with Gasteiger partial charge in [-0.3, -0.25) is 9.59 Å². The topological polar surface area (TPSA) is 76.5 Å². The van der Waals surface area contributed by atoms with Crippen LogP contribution in [0.3, 0.4) is 0 Å². The summed E-state index contributed by atoms with van der Waals surface area (Å²) in [6.07, 6.45) is 6.92. The van der Waals surface area contributed by atoms with Crippen LogP contribution >= 0.6 is 0 Å². The Balaban J connectivity index is 1.40. The Morgan fingerprint density at radius 1 is 0.906 bits per heavy atom. The Kier molecular flexibility index (Phi) is 5.10. The molecule has 8 heteroatoms. The van der Waals surface area contributed by atoms with Crippen molar-refractivity contribution in [3.8, 4) is 11.5 Å². The summed E-state index contributed by atoms with van der Waals surface area (Å²) in [5.41, 5.74) is 2.52. The minimum Gasteiger partial charge on any atom is -0.459 e. The Labute approximate surface area is 185 Å². The van der Waals surface area contributed by atoms with E-state index in [1.165, 1.54) is 6.26 Å². The molecule has 0 saturated carbocycles. The molecule has 1 fully saturated rings. The smallest absolute Gasteiger partial charge is 0.289 e.